The van der Waals surface area contributed by atoms with Crippen molar-refractivity contribution in [2.75, 3.05) is 0 Å². The molecule has 0 aliphatic carbocycles. The average molecular weight is 495 g/mol. The SMILES string of the molecule is Cc1nn(-c2nc(-c3ccc(Cl)c(Cl)c3)c(SC(C)C)s2)cc1-c1c(CO)noc1C. The van der Waals surface area contributed by atoms with Crippen LogP contribution in [0.5, 0.6) is 0 Å². The number of nitrogens with zero attached hydrogens (tertiary/aromatic N) is 4. The number of aliphatic hydroxyl groups excluding tert-OH is 1. The fourth-order valence-electron chi connectivity index (χ4n) is 3.19. The number of hydrogen-bond donors (Lipinski definition) is 1. The van der Waals surface area contributed by atoms with Crippen molar-refractivity contribution in [1.82, 2.24) is 19.9 Å². The maximum absolute atomic E-state index is 9.62. The standard InChI is InChI=1S/C21H20Cl2N4O2S2/c1-10(2)30-20-19(13-5-6-15(22)16(23)7-13)24-21(31-20)27-8-14(11(3)25-27)18-12(4)29-26-17(18)9-28/h5-8,10,28H,9H2,1-4H3. The van der Waals surface area contributed by atoms with Gasteiger partial charge in [-0.1, -0.05) is 59.6 Å². The summed E-state index contributed by atoms with van der Waals surface area (Å²) in [7, 11) is 0. The van der Waals surface area contributed by atoms with Crippen LogP contribution in [0.15, 0.2) is 33.1 Å². The first-order valence-electron chi connectivity index (χ1n) is 9.54. The Kier molecular flexibility index (Phi) is 6.46. The zero-order chi connectivity index (χ0) is 22.3. The van der Waals surface area contributed by atoms with Crippen LogP contribution in [0.2, 0.25) is 10.0 Å². The summed E-state index contributed by atoms with van der Waals surface area (Å²) < 4.78 is 8.11. The average Bonchev–Trinajstić information content (AvgIpc) is 3.40. The topological polar surface area (TPSA) is 77.0 Å². The molecular formula is C21H20Cl2N4O2S2. The van der Waals surface area contributed by atoms with E-state index in [1.54, 1.807) is 33.8 Å². The molecule has 4 rings (SSSR count). The van der Waals surface area contributed by atoms with Crippen molar-refractivity contribution >= 4 is 46.3 Å². The summed E-state index contributed by atoms with van der Waals surface area (Å²) in [5, 5.41) is 20.3. The van der Waals surface area contributed by atoms with Crippen molar-refractivity contribution in [3.63, 3.8) is 0 Å². The Balaban J connectivity index is 1.81. The molecule has 162 valence electrons. The Labute approximate surface area is 198 Å². The van der Waals surface area contributed by atoms with Crippen LogP contribution in [0.3, 0.4) is 0 Å². The highest BCUT2D eigenvalue weighted by Gasteiger charge is 2.22. The van der Waals surface area contributed by atoms with Crippen LogP contribution in [0.25, 0.3) is 27.5 Å². The van der Waals surface area contributed by atoms with Gasteiger partial charge in [-0.15, -0.1) is 11.8 Å². The predicted octanol–water partition coefficient (Wildman–Crippen LogP) is 6.57. The minimum Gasteiger partial charge on any atom is -0.390 e. The lowest BCUT2D eigenvalue weighted by atomic mass is 10.1. The van der Waals surface area contributed by atoms with Crippen LogP contribution in [-0.4, -0.2) is 30.3 Å². The molecule has 0 aliphatic heterocycles. The molecule has 0 atom stereocenters. The number of aliphatic hydroxyl groups is 1. The Bertz CT molecular complexity index is 1250. The van der Waals surface area contributed by atoms with Crippen LogP contribution < -0.4 is 0 Å². The Hall–Kier alpha value is -1.84. The molecule has 0 fully saturated rings. The number of aromatic nitrogens is 4. The van der Waals surface area contributed by atoms with Gasteiger partial charge in [0.2, 0.25) is 5.13 Å². The highest BCUT2D eigenvalue weighted by atomic mass is 35.5. The van der Waals surface area contributed by atoms with Crippen molar-refractivity contribution < 1.29 is 9.63 Å². The van der Waals surface area contributed by atoms with Gasteiger partial charge in [-0.25, -0.2) is 9.67 Å². The highest BCUT2D eigenvalue weighted by molar-refractivity contribution is 8.01. The van der Waals surface area contributed by atoms with Crippen LogP contribution in [0.1, 0.15) is 31.0 Å². The zero-order valence-electron chi connectivity index (χ0n) is 17.3. The molecule has 1 N–H and O–H groups in total. The van der Waals surface area contributed by atoms with Gasteiger partial charge in [0.15, 0.2) is 0 Å². The van der Waals surface area contributed by atoms with E-state index in [-0.39, 0.29) is 6.61 Å². The first-order chi connectivity index (χ1) is 14.8. The van der Waals surface area contributed by atoms with Gasteiger partial charge in [-0.3, -0.25) is 0 Å². The molecule has 31 heavy (non-hydrogen) atoms. The van der Waals surface area contributed by atoms with Crippen molar-refractivity contribution in [1.29, 1.82) is 0 Å². The molecule has 6 nitrogen and oxygen atoms in total. The lowest BCUT2D eigenvalue weighted by Gasteiger charge is -2.05. The van der Waals surface area contributed by atoms with E-state index in [4.69, 9.17) is 32.7 Å². The Morgan fingerprint density at radius 3 is 2.68 bits per heavy atom. The lowest BCUT2D eigenvalue weighted by molar-refractivity contribution is 0.266. The number of halogens is 2. The third-order valence-corrected chi connectivity index (χ3v) is 7.56. The van der Waals surface area contributed by atoms with Gasteiger partial charge in [0.25, 0.3) is 0 Å². The molecule has 0 saturated heterocycles. The first kappa shape index (κ1) is 22.4. The first-order valence-corrected chi connectivity index (χ1v) is 12.0. The number of hydrogen-bond acceptors (Lipinski definition) is 7. The summed E-state index contributed by atoms with van der Waals surface area (Å²) in [6.45, 7) is 7.82. The molecule has 3 heterocycles. The summed E-state index contributed by atoms with van der Waals surface area (Å²) in [4.78, 5) is 4.88. The molecule has 0 amide bonds. The maximum Gasteiger partial charge on any atom is 0.211 e. The van der Waals surface area contributed by atoms with Crippen molar-refractivity contribution in [2.45, 2.75) is 43.8 Å². The smallest absolute Gasteiger partial charge is 0.211 e. The summed E-state index contributed by atoms with van der Waals surface area (Å²) >= 11 is 15.7. The fraction of sp³-hybridized carbons (Fsp3) is 0.286. The summed E-state index contributed by atoms with van der Waals surface area (Å²) in [6, 6.07) is 5.54. The number of thioether (sulfide) groups is 1. The highest BCUT2D eigenvalue weighted by Crippen LogP contribution is 2.41. The third-order valence-electron chi connectivity index (χ3n) is 4.57. The van der Waals surface area contributed by atoms with E-state index >= 15 is 0 Å². The molecule has 1 aromatic carbocycles. The lowest BCUT2D eigenvalue weighted by Crippen LogP contribution is -1.94. The zero-order valence-corrected chi connectivity index (χ0v) is 20.5. The molecule has 0 unspecified atom stereocenters. The van der Waals surface area contributed by atoms with E-state index in [1.807, 2.05) is 32.2 Å². The van der Waals surface area contributed by atoms with Crippen LogP contribution in [0, 0.1) is 13.8 Å². The monoisotopic (exact) mass is 494 g/mol. The molecule has 3 aromatic heterocycles. The van der Waals surface area contributed by atoms with E-state index in [2.05, 4.69) is 24.1 Å². The van der Waals surface area contributed by atoms with E-state index in [0.717, 1.165) is 37.4 Å². The molecule has 4 aromatic rings. The van der Waals surface area contributed by atoms with Gasteiger partial charge in [0.1, 0.15) is 11.5 Å². The van der Waals surface area contributed by atoms with Crippen molar-refractivity contribution in [2.24, 2.45) is 0 Å². The number of thiazole rings is 1. The fourth-order valence-corrected chi connectivity index (χ4v) is 5.93. The van der Waals surface area contributed by atoms with E-state index in [9.17, 15) is 5.11 Å². The normalized spacial score (nSPS) is 11.6. The summed E-state index contributed by atoms with van der Waals surface area (Å²) in [6.07, 6.45) is 1.90. The van der Waals surface area contributed by atoms with Crippen LogP contribution >= 0.6 is 46.3 Å². The number of rotatable bonds is 6. The second-order valence-electron chi connectivity index (χ2n) is 7.22. The van der Waals surface area contributed by atoms with Crippen LogP contribution in [-0.2, 0) is 6.61 Å². The summed E-state index contributed by atoms with van der Waals surface area (Å²) in [5.74, 6) is 0.637. The second-order valence-corrected chi connectivity index (χ2v) is 10.9. The van der Waals surface area contributed by atoms with Gasteiger partial charge < -0.3 is 9.63 Å². The predicted molar refractivity (Wildman–Crippen MR) is 127 cm³/mol. The molecular weight excluding hydrogens is 475 g/mol. The minimum atomic E-state index is -0.203. The minimum absolute atomic E-state index is 0.203. The molecule has 0 spiro atoms. The van der Waals surface area contributed by atoms with E-state index in [0.29, 0.717) is 26.7 Å². The number of benzene rings is 1. The van der Waals surface area contributed by atoms with Gasteiger partial charge in [-0.2, -0.15) is 5.10 Å². The largest absolute Gasteiger partial charge is 0.390 e. The maximum atomic E-state index is 9.62. The van der Waals surface area contributed by atoms with Gasteiger partial charge in [0.05, 0.1) is 37.8 Å². The summed E-state index contributed by atoms with van der Waals surface area (Å²) in [5.41, 5.74) is 4.67. The van der Waals surface area contributed by atoms with Crippen LogP contribution in [0.4, 0.5) is 0 Å². The third kappa shape index (κ3) is 4.40. The molecule has 0 aliphatic rings. The van der Waals surface area contributed by atoms with Gasteiger partial charge in [-0.05, 0) is 26.0 Å². The molecule has 0 saturated carbocycles. The van der Waals surface area contributed by atoms with E-state index < -0.39 is 0 Å². The van der Waals surface area contributed by atoms with Crippen molar-refractivity contribution in [3.8, 4) is 27.5 Å². The molecule has 10 heteroatoms. The Morgan fingerprint density at radius 2 is 2.00 bits per heavy atom. The van der Waals surface area contributed by atoms with Gasteiger partial charge >= 0.3 is 0 Å². The van der Waals surface area contributed by atoms with E-state index in [1.165, 1.54) is 0 Å². The Morgan fingerprint density at radius 1 is 1.23 bits per heavy atom. The van der Waals surface area contributed by atoms with Crippen molar-refractivity contribution in [3.05, 3.63) is 51.6 Å². The second kappa shape index (κ2) is 8.96. The molecule has 0 radical (unpaired) electrons. The van der Waals surface area contributed by atoms with Gasteiger partial charge in [0, 0.05) is 22.6 Å². The quantitative estimate of drug-likeness (QED) is 0.305. The number of aryl methyl sites for hydroxylation is 2. The molecule has 0 bridgehead atoms.